The molecule has 4 rings (SSSR count). The normalized spacial score (nSPS) is 21.3. The van der Waals surface area contributed by atoms with E-state index in [-0.39, 0.29) is 12.1 Å². The molecule has 0 aromatic heterocycles. The molecule has 2 fully saturated rings. The topological polar surface area (TPSA) is 73.9 Å². The molecular formula is C25H38N4O3. The van der Waals surface area contributed by atoms with Gasteiger partial charge in [0.25, 0.3) is 0 Å². The maximum atomic E-state index is 12.6. The maximum Gasteiger partial charge on any atom is 0.309 e. The molecule has 1 aliphatic carbocycles. The smallest absolute Gasteiger partial charge is 0.309 e. The Hall–Kier alpha value is -2.12. The average Bonchev–Trinajstić information content (AvgIpc) is 3.08. The summed E-state index contributed by atoms with van der Waals surface area (Å²) in [5, 5.41) is 5.89. The van der Waals surface area contributed by atoms with Gasteiger partial charge in [-0.3, -0.25) is 14.5 Å². The van der Waals surface area contributed by atoms with Gasteiger partial charge in [0.2, 0.25) is 0 Å². The number of amides is 2. The van der Waals surface area contributed by atoms with E-state index in [0.29, 0.717) is 19.8 Å². The van der Waals surface area contributed by atoms with Crippen LogP contribution in [0.4, 0.5) is 5.69 Å². The molecule has 1 atom stereocenters. The molecule has 176 valence electrons. The lowest BCUT2D eigenvalue weighted by atomic mass is 9.95. The summed E-state index contributed by atoms with van der Waals surface area (Å²) in [7, 11) is 2.14. The molecule has 7 nitrogen and oxygen atoms in total. The van der Waals surface area contributed by atoms with Crippen LogP contribution in [0.25, 0.3) is 0 Å². The average molecular weight is 443 g/mol. The van der Waals surface area contributed by atoms with Gasteiger partial charge < -0.3 is 20.3 Å². The Labute approximate surface area is 191 Å². The number of rotatable bonds is 5. The molecule has 3 aliphatic rings. The maximum absolute atomic E-state index is 12.6. The number of nitrogens with one attached hydrogen (secondary N) is 2. The van der Waals surface area contributed by atoms with Crippen LogP contribution in [-0.4, -0.2) is 69.2 Å². The van der Waals surface area contributed by atoms with Crippen molar-refractivity contribution in [2.24, 2.45) is 0 Å². The third kappa shape index (κ3) is 5.81. The van der Waals surface area contributed by atoms with Crippen LogP contribution in [-0.2, 0) is 20.7 Å². The zero-order valence-electron chi connectivity index (χ0n) is 19.4. The minimum absolute atomic E-state index is 0.0334. The predicted octanol–water partition coefficient (Wildman–Crippen LogP) is 2.40. The van der Waals surface area contributed by atoms with Crippen molar-refractivity contribution in [3.8, 4) is 0 Å². The highest BCUT2D eigenvalue weighted by Crippen LogP contribution is 2.31. The minimum Gasteiger partial charge on any atom is -0.379 e. The molecule has 2 heterocycles. The Bertz CT molecular complexity index is 785. The summed E-state index contributed by atoms with van der Waals surface area (Å²) in [4.78, 5) is 29.8. The zero-order chi connectivity index (χ0) is 22.3. The van der Waals surface area contributed by atoms with Crippen molar-refractivity contribution >= 4 is 17.5 Å². The fourth-order valence-corrected chi connectivity index (χ4v) is 5.30. The Morgan fingerprint density at radius 2 is 1.78 bits per heavy atom. The summed E-state index contributed by atoms with van der Waals surface area (Å²) < 4.78 is 5.55. The molecule has 1 aromatic rings. The summed E-state index contributed by atoms with van der Waals surface area (Å²) >= 11 is 0. The number of hydrogen-bond acceptors (Lipinski definition) is 5. The quantitative estimate of drug-likeness (QED) is 0.541. The van der Waals surface area contributed by atoms with E-state index in [1.165, 1.54) is 29.7 Å². The minimum atomic E-state index is -0.523. The molecule has 1 saturated carbocycles. The van der Waals surface area contributed by atoms with Gasteiger partial charge >= 0.3 is 11.8 Å². The van der Waals surface area contributed by atoms with Crippen LogP contribution in [0, 0.1) is 0 Å². The fourth-order valence-electron chi connectivity index (χ4n) is 5.30. The molecule has 0 unspecified atom stereocenters. The number of carbonyl (C=O) groups is 2. The lowest BCUT2D eigenvalue weighted by Crippen LogP contribution is -2.48. The van der Waals surface area contributed by atoms with Crippen LogP contribution in [0.3, 0.4) is 0 Å². The van der Waals surface area contributed by atoms with Crippen LogP contribution in [0.5, 0.6) is 0 Å². The summed E-state index contributed by atoms with van der Waals surface area (Å²) in [6.45, 7) is 4.55. The van der Waals surface area contributed by atoms with E-state index in [2.05, 4.69) is 45.7 Å². The highest BCUT2D eigenvalue weighted by molar-refractivity contribution is 6.35. The van der Waals surface area contributed by atoms with Gasteiger partial charge in [0.1, 0.15) is 0 Å². The molecule has 0 radical (unpaired) electrons. The molecule has 0 bridgehead atoms. The van der Waals surface area contributed by atoms with E-state index in [4.69, 9.17) is 4.74 Å². The second kappa shape index (κ2) is 11.1. The second-order valence-electron chi connectivity index (χ2n) is 9.45. The highest BCUT2D eigenvalue weighted by Gasteiger charge is 2.26. The summed E-state index contributed by atoms with van der Waals surface area (Å²) in [6.07, 6.45) is 8.87. The van der Waals surface area contributed by atoms with Crippen molar-refractivity contribution in [3.05, 3.63) is 29.3 Å². The lowest BCUT2D eigenvalue weighted by Gasteiger charge is -2.36. The first kappa shape index (κ1) is 23.1. The van der Waals surface area contributed by atoms with E-state index in [1.807, 2.05) is 0 Å². The molecule has 0 spiro atoms. The number of carbonyl (C=O) groups excluding carboxylic acids is 2. The second-order valence-corrected chi connectivity index (χ2v) is 9.45. The molecule has 2 aliphatic heterocycles. The molecule has 1 saturated heterocycles. The summed E-state index contributed by atoms with van der Waals surface area (Å²) in [6, 6.07) is 6.84. The largest absolute Gasteiger partial charge is 0.379 e. The van der Waals surface area contributed by atoms with Crippen LogP contribution < -0.4 is 15.5 Å². The van der Waals surface area contributed by atoms with Crippen LogP contribution in [0.15, 0.2) is 18.2 Å². The predicted molar refractivity (Wildman–Crippen MR) is 126 cm³/mol. The van der Waals surface area contributed by atoms with Crippen molar-refractivity contribution in [1.29, 1.82) is 0 Å². The molecular weight excluding hydrogens is 404 g/mol. The fraction of sp³-hybridized carbons (Fsp3) is 0.680. The van der Waals surface area contributed by atoms with Gasteiger partial charge in [-0.1, -0.05) is 37.8 Å². The third-order valence-corrected chi connectivity index (χ3v) is 7.18. The number of hydrogen-bond donors (Lipinski definition) is 2. The summed E-state index contributed by atoms with van der Waals surface area (Å²) in [5.74, 6) is -1.02. The molecule has 7 heteroatoms. The first-order valence-electron chi connectivity index (χ1n) is 12.4. The molecule has 1 aromatic carbocycles. The Kier molecular flexibility index (Phi) is 8.03. The first-order valence-corrected chi connectivity index (χ1v) is 12.4. The number of nitrogens with zero attached hydrogens (tertiary/aromatic N) is 2. The van der Waals surface area contributed by atoms with Crippen molar-refractivity contribution in [2.45, 2.75) is 63.5 Å². The van der Waals surface area contributed by atoms with E-state index in [9.17, 15) is 9.59 Å². The first-order chi connectivity index (χ1) is 15.6. The number of aryl methyl sites for hydroxylation is 1. The van der Waals surface area contributed by atoms with E-state index in [0.717, 1.165) is 58.2 Å². The van der Waals surface area contributed by atoms with E-state index in [1.54, 1.807) is 0 Å². The van der Waals surface area contributed by atoms with Crippen molar-refractivity contribution < 1.29 is 14.3 Å². The number of fused-ring (bicyclic) bond motifs is 1. The Morgan fingerprint density at radius 1 is 1.03 bits per heavy atom. The van der Waals surface area contributed by atoms with E-state index >= 15 is 0 Å². The SMILES string of the molecule is CN1CCCc2cc([C@@H](CNC(=O)C(=O)NC3CCCCCC3)N3CCOCC3)ccc21. The van der Waals surface area contributed by atoms with Gasteiger partial charge in [0.05, 0.1) is 19.3 Å². The Balaban J connectivity index is 1.42. The molecule has 32 heavy (non-hydrogen) atoms. The van der Waals surface area contributed by atoms with Gasteiger partial charge in [-0.25, -0.2) is 0 Å². The standard InChI is InChI=1S/C25H38N4O3/c1-28-12-6-7-19-17-20(10-11-22(19)28)23(29-13-15-32-16-14-29)18-26-24(30)25(31)27-21-8-4-2-3-5-9-21/h10-11,17,21,23H,2-9,12-16,18H2,1H3,(H,26,30)(H,27,31)/t23-/m1/s1. The van der Waals surface area contributed by atoms with Crippen molar-refractivity contribution in [2.75, 3.05) is 51.3 Å². The van der Waals surface area contributed by atoms with Crippen molar-refractivity contribution in [3.63, 3.8) is 0 Å². The third-order valence-electron chi connectivity index (χ3n) is 7.18. The van der Waals surface area contributed by atoms with E-state index < -0.39 is 11.8 Å². The van der Waals surface area contributed by atoms with Crippen molar-refractivity contribution in [1.82, 2.24) is 15.5 Å². The number of benzene rings is 1. The Morgan fingerprint density at radius 3 is 2.53 bits per heavy atom. The number of anilines is 1. The van der Waals surface area contributed by atoms with Gasteiger partial charge in [-0.15, -0.1) is 0 Å². The molecule has 2 amide bonds. The van der Waals surface area contributed by atoms with Gasteiger partial charge in [-0.2, -0.15) is 0 Å². The highest BCUT2D eigenvalue weighted by atomic mass is 16.5. The lowest BCUT2D eigenvalue weighted by molar-refractivity contribution is -0.139. The van der Waals surface area contributed by atoms with Gasteiger partial charge in [0.15, 0.2) is 0 Å². The van der Waals surface area contributed by atoms with Gasteiger partial charge in [-0.05, 0) is 42.9 Å². The molecule has 2 N–H and O–H groups in total. The monoisotopic (exact) mass is 442 g/mol. The van der Waals surface area contributed by atoms with Gasteiger partial charge in [0, 0.05) is 45.0 Å². The van der Waals surface area contributed by atoms with Crippen LogP contribution >= 0.6 is 0 Å². The summed E-state index contributed by atoms with van der Waals surface area (Å²) in [5.41, 5.74) is 3.87. The zero-order valence-corrected chi connectivity index (χ0v) is 19.4. The van der Waals surface area contributed by atoms with Crippen LogP contribution in [0.2, 0.25) is 0 Å². The number of ether oxygens (including phenoxy) is 1. The van der Waals surface area contributed by atoms with Crippen LogP contribution in [0.1, 0.15) is 62.1 Å². The number of morpholine rings is 1.